The largest absolute Gasteiger partial charge is 0.380 e. The molecule has 1 atom stereocenters. The Kier molecular flexibility index (Phi) is 5.60. The fourth-order valence-corrected chi connectivity index (χ4v) is 5.11. The molecule has 1 saturated heterocycles. The van der Waals surface area contributed by atoms with Gasteiger partial charge in [0, 0.05) is 56.4 Å². The number of hydrogen-bond donors (Lipinski definition) is 1. The van der Waals surface area contributed by atoms with Crippen LogP contribution in [0.3, 0.4) is 0 Å². The molecule has 2 aromatic carbocycles. The molecule has 1 aliphatic carbocycles. The topological polar surface area (TPSA) is 64.1 Å². The van der Waals surface area contributed by atoms with Crippen LogP contribution in [0.5, 0.6) is 0 Å². The molecule has 6 nitrogen and oxygen atoms in total. The minimum Gasteiger partial charge on any atom is -0.380 e. The maximum atomic E-state index is 15.2. The molecule has 2 heterocycles. The number of benzene rings is 2. The number of carbonyl (C=O) groups is 2. The Morgan fingerprint density at radius 1 is 1.06 bits per heavy atom. The third kappa shape index (κ3) is 4.10. The number of nitrogens with zero attached hydrogens (tertiary/aromatic N) is 3. The number of amides is 2. The van der Waals surface area contributed by atoms with Crippen molar-refractivity contribution in [3.05, 3.63) is 65.0 Å². The number of likely N-dealkylation sites (N-methyl/N-ethyl adjacent to an activating group) is 1. The van der Waals surface area contributed by atoms with Gasteiger partial charge in [0.05, 0.1) is 0 Å². The molecule has 2 aromatic rings. The number of carbonyl (C=O) groups excluding carboxylic acids is 2. The average molecular weight is 452 g/mol. The first-order valence-corrected chi connectivity index (χ1v) is 11.8. The summed E-state index contributed by atoms with van der Waals surface area (Å²) < 4.78 is 15.2. The van der Waals surface area contributed by atoms with E-state index in [4.69, 9.17) is 0 Å². The van der Waals surface area contributed by atoms with Gasteiger partial charge in [0.2, 0.25) is 0 Å². The monoisotopic (exact) mass is 451 g/mol. The third-order valence-electron chi connectivity index (χ3n) is 7.28. The maximum Gasteiger partial charge on any atom is 0.254 e. The van der Waals surface area contributed by atoms with Gasteiger partial charge in [-0.1, -0.05) is 24.3 Å². The zero-order valence-electron chi connectivity index (χ0n) is 19.0. The van der Waals surface area contributed by atoms with E-state index in [9.17, 15) is 14.7 Å². The maximum absolute atomic E-state index is 15.2. The number of halogens is 1. The summed E-state index contributed by atoms with van der Waals surface area (Å²) in [6.45, 7) is 5.26. The molecular weight excluding hydrogens is 421 g/mol. The van der Waals surface area contributed by atoms with Crippen molar-refractivity contribution in [1.29, 1.82) is 0 Å². The molecule has 2 fully saturated rings. The normalized spacial score (nSPS) is 21.5. The number of fused-ring (bicyclic) bond motifs is 1. The summed E-state index contributed by atoms with van der Waals surface area (Å²) in [6, 6.07) is 13.1. The van der Waals surface area contributed by atoms with Crippen LogP contribution in [0, 0.1) is 5.82 Å². The highest BCUT2D eigenvalue weighted by Crippen LogP contribution is 2.37. The highest BCUT2D eigenvalue weighted by atomic mass is 19.1. The summed E-state index contributed by atoms with van der Waals surface area (Å²) in [5, 5.41) is 10.0. The molecule has 2 amide bonds. The lowest BCUT2D eigenvalue weighted by Crippen LogP contribution is -2.53. The lowest BCUT2D eigenvalue weighted by atomic mass is 9.86. The van der Waals surface area contributed by atoms with E-state index in [2.05, 4.69) is 24.0 Å². The van der Waals surface area contributed by atoms with Crippen LogP contribution in [0.15, 0.2) is 42.5 Å². The van der Waals surface area contributed by atoms with Gasteiger partial charge in [-0.3, -0.25) is 9.59 Å². The number of rotatable bonds is 4. The first-order valence-electron chi connectivity index (χ1n) is 11.8. The van der Waals surface area contributed by atoms with E-state index in [1.54, 1.807) is 21.9 Å². The van der Waals surface area contributed by atoms with Crippen molar-refractivity contribution in [3.63, 3.8) is 0 Å². The van der Waals surface area contributed by atoms with Crippen molar-refractivity contribution in [2.75, 3.05) is 44.2 Å². The minimum absolute atomic E-state index is 0.0341. The van der Waals surface area contributed by atoms with Crippen LogP contribution in [-0.4, -0.2) is 71.6 Å². The fourth-order valence-electron chi connectivity index (χ4n) is 5.11. The van der Waals surface area contributed by atoms with Crippen molar-refractivity contribution in [2.24, 2.45) is 0 Å². The molecule has 0 bridgehead atoms. The van der Waals surface area contributed by atoms with E-state index in [-0.39, 0.29) is 23.5 Å². The van der Waals surface area contributed by atoms with E-state index in [0.717, 1.165) is 19.5 Å². The van der Waals surface area contributed by atoms with Gasteiger partial charge in [0.25, 0.3) is 11.8 Å². The minimum atomic E-state index is -1.18. The molecule has 1 saturated carbocycles. The molecular formula is C26H30FN3O3. The molecule has 5 rings (SSSR count). The Balaban J connectivity index is 1.27. The third-order valence-corrected chi connectivity index (χ3v) is 7.28. The summed E-state index contributed by atoms with van der Waals surface area (Å²) in [4.78, 5) is 30.9. The van der Waals surface area contributed by atoms with Crippen molar-refractivity contribution >= 4 is 17.5 Å². The van der Waals surface area contributed by atoms with Crippen molar-refractivity contribution in [1.82, 2.24) is 9.80 Å². The number of para-hydroxylation sites is 1. The fraction of sp³-hybridized carbons (Fsp3) is 0.462. The van der Waals surface area contributed by atoms with E-state index in [1.165, 1.54) is 17.3 Å². The summed E-state index contributed by atoms with van der Waals surface area (Å²) in [7, 11) is 0. The predicted octanol–water partition coefficient (Wildman–Crippen LogP) is 2.80. The molecule has 1 N–H and O–H groups in total. The number of aliphatic hydroxyl groups is 1. The van der Waals surface area contributed by atoms with Gasteiger partial charge in [0.1, 0.15) is 11.4 Å². The van der Waals surface area contributed by atoms with Crippen LogP contribution < -0.4 is 4.90 Å². The van der Waals surface area contributed by atoms with Gasteiger partial charge < -0.3 is 19.8 Å². The summed E-state index contributed by atoms with van der Waals surface area (Å²) >= 11 is 0. The highest BCUT2D eigenvalue weighted by molar-refractivity contribution is 5.94. The van der Waals surface area contributed by atoms with E-state index in [0.29, 0.717) is 50.1 Å². The van der Waals surface area contributed by atoms with Gasteiger partial charge in [-0.05, 0) is 55.5 Å². The van der Waals surface area contributed by atoms with Crippen LogP contribution in [0.1, 0.15) is 47.2 Å². The van der Waals surface area contributed by atoms with E-state index >= 15 is 4.39 Å². The zero-order valence-corrected chi connectivity index (χ0v) is 19.0. The summed E-state index contributed by atoms with van der Waals surface area (Å²) in [5.74, 6) is -0.764. The zero-order chi connectivity index (χ0) is 23.2. The van der Waals surface area contributed by atoms with Crippen LogP contribution in [-0.2, 0) is 11.2 Å². The second-order valence-corrected chi connectivity index (χ2v) is 9.42. The molecule has 7 heteroatoms. The highest BCUT2D eigenvalue weighted by Gasteiger charge is 2.50. The lowest BCUT2D eigenvalue weighted by Gasteiger charge is -2.36. The van der Waals surface area contributed by atoms with Gasteiger partial charge in [-0.25, -0.2) is 4.39 Å². The standard InChI is InChI=1S/C26H30FN3O3/c1-2-28-17-20(15-18-5-3-4-6-23(18)28)21-8-7-19(16-22(21)27)24(31)29-11-13-30(14-12-29)25(32)26(33)9-10-26/h3-8,16,20,33H,2,9-15,17H2,1H3. The van der Waals surface area contributed by atoms with Crippen LogP contribution in [0.25, 0.3) is 0 Å². The number of hydrogen-bond acceptors (Lipinski definition) is 4. The van der Waals surface area contributed by atoms with Crippen LogP contribution in [0.4, 0.5) is 10.1 Å². The van der Waals surface area contributed by atoms with Gasteiger partial charge in [-0.2, -0.15) is 0 Å². The lowest BCUT2D eigenvalue weighted by molar-refractivity contribution is -0.143. The van der Waals surface area contributed by atoms with Crippen molar-refractivity contribution in [2.45, 2.75) is 37.7 Å². The van der Waals surface area contributed by atoms with E-state index < -0.39 is 5.60 Å². The average Bonchev–Trinajstić information content (AvgIpc) is 3.60. The first kappa shape index (κ1) is 21.9. The molecule has 0 spiro atoms. The Morgan fingerprint density at radius 3 is 2.42 bits per heavy atom. The van der Waals surface area contributed by atoms with Gasteiger partial charge >= 0.3 is 0 Å². The molecule has 2 aliphatic heterocycles. The predicted molar refractivity (Wildman–Crippen MR) is 124 cm³/mol. The smallest absolute Gasteiger partial charge is 0.254 e. The molecule has 0 aromatic heterocycles. The first-order chi connectivity index (χ1) is 15.9. The Labute approximate surface area is 193 Å². The molecule has 3 aliphatic rings. The van der Waals surface area contributed by atoms with Crippen molar-refractivity contribution in [3.8, 4) is 0 Å². The molecule has 174 valence electrons. The van der Waals surface area contributed by atoms with E-state index in [1.807, 2.05) is 12.1 Å². The second-order valence-electron chi connectivity index (χ2n) is 9.42. The summed E-state index contributed by atoms with van der Waals surface area (Å²) in [6.07, 6.45) is 1.80. The van der Waals surface area contributed by atoms with Crippen LogP contribution >= 0.6 is 0 Å². The Bertz CT molecular complexity index is 1080. The molecule has 1 unspecified atom stereocenters. The SMILES string of the molecule is CCN1CC(c2ccc(C(=O)N3CCN(C(=O)C4(O)CC4)CC3)cc2F)Cc2ccccc21. The molecule has 0 radical (unpaired) electrons. The van der Waals surface area contributed by atoms with Gasteiger partial charge in [-0.15, -0.1) is 0 Å². The second kappa shape index (κ2) is 8.45. The molecule has 33 heavy (non-hydrogen) atoms. The van der Waals surface area contributed by atoms with Crippen molar-refractivity contribution < 1.29 is 19.1 Å². The van der Waals surface area contributed by atoms with Crippen LogP contribution in [0.2, 0.25) is 0 Å². The Hall–Kier alpha value is -2.93. The number of anilines is 1. The summed E-state index contributed by atoms with van der Waals surface area (Å²) in [5.41, 5.74) is 2.24. The quantitative estimate of drug-likeness (QED) is 0.777. The Morgan fingerprint density at radius 2 is 1.76 bits per heavy atom. The number of piperazine rings is 1. The van der Waals surface area contributed by atoms with Gasteiger partial charge in [0.15, 0.2) is 0 Å².